The van der Waals surface area contributed by atoms with Crippen LogP contribution in [0.4, 0.5) is 0 Å². The highest BCUT2D eigenvalue weighted by atomic mass is 32.2. The first-order chi connectivity index (χ1) is 7.66. The summed E-state index contributed by atoms with van der Waals surface area (Å²) < 4.78 is 2.21. The maximum absolute atomic E-state index is 5.70. The summed E-state index contributed by atoms with van der Waals surface area (Å²) in [5.74, 6) is 1.72. The Morgan fingerprint density at radius 3 is 3.19 bits per heavy atom. The van der Waals surface area contributed by atoms with Crippen LogP contribution in [0, 0.1) is 0 Å². The summed E-state index contributed by atoms with van der Waals surface area (Å²) in [6, 6.07) is 0. The van der Waals surface area contributed by atoms with Crippen LogP contribution in [0.25, 0.3) is 0 Å². The number of fused-ring (bicyclic) bond motifs is 1. The highest BCUT2D eigenvalue weighted by Gasteiger charge is 2.13. The van der Waals surface area contributed by atoms with Gasteiger partial charge in [0.05, 0.1) is 5.69 Å². The zero-order chi connectivity index (χ0) is 11.5. The lowest BCUT2D eigenvalue weighted by Gasteiger charge is -2.09. The van der Waals surface area contributed by atoms with Crippen LogP contribution in [0.2, 0.25) is 0 Å². The molecule has 2 N–H and O–H groups in total. The fourth-order valence-corrected chi connectivity index (χ4v) is 2.47. The van der Waals surface area contributed by atoms with Crippen LogP contribution in [0.5, 0.6) is 0 Å². The number of nitrogens with two attached hydrogens (primary N) is 1. The molecule has 0 saturated heterocycles. The van der Waals surface area contributed by atoms with E-state index in [1.54, 1.807) is 0 Å². The molecule has 0 radical (unpaired) electrons. The number of thioether (sulfide) groups is 1. The molecule has 0 aliphatic carbocycles. The van der Waals surface area contributed by atoms with E-state index in [4.69, 9.17) is 5.73 Å². The van der Waals surface area contributed by atoms with Gasteiger partial charge in [0.25, 0.3) is 0 Å². The molecule has 0 amide bonds. The molecule has 1 aromatic rings. The summed E-state index contributed by atoms with van der Waals surface area (Å²) in [4.78, 5) is 10.6. The van der Waals surface area contributed by atoms with E-state index in [-0.39, 0.29) is 0 Å². The Labute approximate surface area is 99.7 Å². The van der Waals surface area contributed by atoms with E-state index in [1.165, 1.54) is 0 Å². The minimum Gasteiger partial charge on any atom is -0.370 e. The van der Waals surface area contributed by atoms with Crippen LogP contribution in [-0.4, -0.2) is 46.8 Å². The summed E-state index contributed by atoms with van der Waals surface area (Å²) in [6.07, 6.45) is 2.98. The molecule has 2 rings (SSSR count). The van der Waals surface area contributed by atoms with Crippen molar-refractivity contribution in [2.45, 2.75) is 18.1 Å². The van der Waals surface area contributed by atoms with Gasteiger partial charge in [-0.2, -0.15) is 0 Å². The third kappa shape index (κ3) is 2.49. The Hall–Kier alpha value is -1.17. The molecule has 1 aromatic heterocycles. The molecule has 88 valence electrons. The number of aryl methyl sites for hydroxylation is 1. The van der Waals surface area contributed by atoms with E-state index in [1.807, 2.05) is 30.8 Å². The largest absolute Gasteiger partial charge is 0.370 e. The lowest BCUT2D eigenvalue weighted by molar-refractivity contribution is 0.609. The van der Waals surface area contributed by atoms with Crippen molar-refractivity contribution in [2.24, 2.45) is 10.7 Å². The normalized spacial score (nSPS) is 15.2. The van der Waals surface area contributed by atoms with Crippen molar-refractivity contribution in [2.75, 3.05) is 26.4 Å². The van der Waals surface area contributed by atoms with E-state index in [0.717, 1.165) is 29.6 Å². The average molecular weight is 239 g/mol. The van der Waals surface area contributed by atoms with Gasteiger partial charge in [0.15, 0.2) is 11.1 Å². The lowest BCUT2D eigenvalue weighted by Crippen LogP contribution is -2.30. The molecule has 0 atom stereocenters. The molecule has 6 heteroatoms. The van der Waals surface area contributed by atoms with Crippen molar-refractivity contribution in [3.05, 3.63) is 11.9 Å². The highest BCUT2D eigenvalue weighted by molar-refractivity contribution is 7.99. The number of aliphatic imine (C=N–C) groups is 1. The van der Waals surface area contributed by atoms with Gasteiger partial charge < -0.3 is 15.2 Å². The van der Waals surface area contributed by atoms with E-state index in [2.05, 4.69) is 20.7 Å². The average Bonchev–Trinajstić information content (AvgIpc) is 2.77. The maximum Gasteiger partial charge on any atom is 0.190 e. The zero-order valence-corrected chi connectivity index (χ0v) is 10.5. The van der Waals surface area contributed by atoms with Gasteiger partial charge in [-0.15, -0.1) is 0 Å². The van der Waals surface area contributed by atoms with Crippen molar-refractivity contribution in [3.63, 3.8) is 0 Å². The Bertz CT molecular complexity index is 374. The standard InChI is InChI=1S/C10H17N5S/c1-14(2)9(11)12-4-3-8-7-15-5-6-16-10(15)13-8/h7H,3-6H2,1-2H3,(H2,11,12). The van der Waals surface area contributed by atoms with E-state index >= 15 is 0 Å². The predicted octanol–water partition coefficient (Wildman–Crippen LogP) is 0.408. The predicted molar refractivity (Wildman–Crippen MR) is 66.8 cm³/mol. The number of guanidine groups is 1. The Kier molecular flexibility index (Phi) is 3.38. The highest BCUT2D eigenvalue weighted by Crippen LogP contribution is 2.24. The van der Waals surface area contributed by atoms with Gasteiger partial charge in [-0.05, 0) is 0 Å². The van der Waals surface area contributed by atoms with Crippen molar-refractivity contribution in [1.82, 2.24) is 14.5 Å². The number of nitrogens with zero attached hydrogens (tertiary/aromatic N) is 4. The van der Waals surface area contributed by atoms with Gasteiger partial charge in [0.1, 0.15) is 0 Å². The molecule has 0 aromatic carbocycles. The molecule has 0 bridgehead atoms. The SMILES string of the molecule is CN(C)C(N)=NCCc1cn2c(n1)SCC2. The first-order valence-corrected chi connectivity index (χ1v) is 6.31. The molecule has 0 spiro atoms. The van der Waals surface area contributed by atoms with Gasteiger partial charge >= 0.3 is 0 Å². The molecule has 1 aliphatic heterocycles. The molecule has 1 aliphatic rings. The molecule has 5 nitrogen and oxygen atoms in total. The first-order valence-electron chi connectivity index (χ1n) is 5.33. The van der Waals surface area contributed by atoms with Gasteiger partial charge in [-0.25, -0.2) is 4.98 Å². The molecule has 0 unspecified atom stereocenters. The molecule has 16 heavy (non-hydrogen) atoms. The smallest absolute Gasteiger partial charge is 0.190 e. The minimum atomic E-state index is 0.570. The van der Waals surface area contributed by atoms with Crippen molar-refractivity contribution >= 4 is 17.7 Å². The number of imidazole rings is 1. The fraction of sp³-hybridized carbons (Fsp3) is 0.600. The number of rotatable bonds is 3. The summed E-state index contributed by atoms with van der Waals surface area (Å²) in [6.45, 7) is 1.78. The molecule has 0 saturated carbocycles. The molecule has 2 heterocycles. The second kappa shape index (κ2) is 4.78. The summed E-state index contributed by atoms with van der Waals surface area (Å²) in [5.41, 5.74) is 6.81. The zero-order valence-electron chi connectivity index (χ0n) is 9.68. The Morgan fingerprint density at radius 1 is 1.69 bits per heavy atom. The Morgan fingerprint density at radius 2 is 2.50 bits per heavy atom. The van der Waals surface area contributed by atoms with Crippen LogP contribution in [0.1, 0.15) is 5.69 Å². The third-order valence-corrected chi connectivity index (χ3v) is 3.42. The number of hydrogen-bond donors (Lipinski definition) is 1. The molecular weight excluding hydrogens is 222 g/mol. The summed E-state index contributed by atoms with van der Waals surface area (Å²) in [5, 5.41) is 1.14. The van der Waals surface area contributed by atoms with Crippen LogP contribution >= 0.6 is 11.8 Å². The molecule has 0 fully saturated rings. The second-order valence-corrected chi connectivity index (χ2v) is 5.00. The topological polar surface area (TPSA) is 59.4 Å². The lowest BCUT2D eigenvalue weighted by atomic mass is 10.3. The van der Waals surface area contributed by atoms with Crippen molar-refractivity contribution < 1.29 is 0 Å². The third-order valence-electron chi connectivity index (χ3n) is 2.45. The van der Waals surface area contributed by atoms with E-state index in [0.29, 0.717) is 12.5 Å². The van der Waals surface area contributed by atoms with Crippen LogP contribution in [0.3, 0.4) is 0 Å². The first kappa shape index (κ1) is 11.3. The van der Waals surface area contributed by atoms with Crippen LogP contribution < -0.4 is 5.73 Å². The number of aromatic nitrogens is 2. The summed E-state index contributed by atoms with van der Waals surface area (Å²) in [7, 11) is 3.78. The fourth-order valence-electron chi connectivity index (χ4n) is 1.51. The van der Waals surface area contributed by atoms with E-state index in [9.17, 15) is 0 Å². The van der Waals surface area contributed by atoms with Gasteiger partial charge in [0.2, 0.25) is 0 Å². The monoisotopic (exact) mass is 239 g/mol. The Balaban J connectivity index is 1.88. The van der Waals surface area contributed by atoms with Crippen molar-refractivity contribution in [1.29, 1.82) is 0 Å². The number of hydrogen-bond acceptors (Lipinski definition) is 3. The van der Waals surface area contributed by atoms with Crippen LogP contribution in [-0.2, 0) is 13.0 Å². The summed E-state index contributed by atoms with van der Waals surface area (Å²) >= 11 is 1.82. The molecular formula is C10H17N5S. The van der Waals surface area contributed by atoms with Gasteiger partial charge in [-0.3, -0.25) is 4.99 Å². The van der Waals surface area contributed by atoms with Crippen LogP contribution in [0.15, 0.2) is 16.3 Å². The van der Waals surface area contributed by atoms with Crippen molar-refractivity contribution in [3.8, 4) is 0 Å². The van der Waals surface area contributed by atoms with Gasteiger partial charge in [0, 0.05) is 45.6 Å². The maximum atomic E-state index is 5.70. The van der Waals surface area contributed by atoms with E-state index < -0.39 is 0 Å². The minimum absolute atomic E-state index is 0.570. The second-order valence-electron chi connectivity index (χ2n) is 3.94. The quantitative estimate of drug-likeness (QED) is 0.613. The van der Waals surface area contributed by atoms with Gasteiger partial charge in [-0.1, -0.05) is 11.8 Å².